The van der Waals surface area contributed by atoms with Gasteiger partial charge in [0.2, 0.25) is 11.8 Å². The maximum absolute atomic E-state index is 12.8. The van der Waals surface area contributed by atoms with Crippen molar-refractivity contribution in [2.45, 2.75) is 77.4 Å². The Balaban J connectivity index is 1.37. The number of aromatic nitrogens is 2. The van der Waals surface area contributed by atoms with Gasteiger partial charge in [-0.15, -0.1) is 0 Å². The Morgan fingerprint density at radius 2 is 1.90 bits per heavy atom. The molecule has 2 aromatic heterocycles. The summed E-state index contributed by atoms with van der Waals surface area (Å²) in [4.78, 5) is 32.0. The van der Waals surface area contributed by atoms with Gasteiger partial charge >= 0.3 is 0 Å². The third-order valence-electron chi connectivity index (χ3n) is 11.0. The van der Waals surface area contributed by atoms with Crippen molar-refractivity contribution in [1.82, 2.24) is 19.8 Å². The second kappa shape index (κ2) is 13.6. The van der Waals surface area contributed by atoms with E-state index in [9.17, 15) is 10.1 Å². The zero-order valence-corrected chi connectivity index (χ0v) is 28.7. The van der Waals surface area contributed by atoms with Crippen LogP contribution in [0.4, 0.5) is 11.5 Å². The normalized spacial score (nSPS) is 20.8. The number of ether oxygens (including phenoxy) is 1. The third-order valence-corrected chi connectivity index (χ3v) is 11.0. The number of anilines is 2. The van der Waals surface area contributed by atoms with Crippen molar-refractivity contribution in [3.8, 4) is 23.1 Å². The highest BCUT2D eigenvalue weighted by Crippen LogP contribution is 2.45. The minimum Gasteiger partial charge on any atom is -0.475 e. The molecule has 1 aliphatic carbocycles. The Morgan fingerprint density at radius 3 is 2.67 bits per heavy atom. The first-order valence-electron chi connectivity index (χ1n) is 17.6. The molecule has 0 radical (unpaired) electrons. The molecule has 48 heavy (non-hydrogen) atoms. The molecule has 9 heteroatoms. The molecule has 9 nitrogen and oxygen atoms in total. The van der Waals surface area contributed by atoms with Crippen molar-refractivity contribution in [3.05, 3.63) is 76.6 Å². The molecule has 0 N–H and O–H groups in total. The fourth-order valence-electron chi connectivity index (χ4n) is 8.49. The zero-order valence-electron chi connectivity index (χ0n) is 28.7. The number of hydrogen-bond acceptors (Lipinski definition) is 8. The summed E-state index contributed by atoms with van der Waals surface area (Å²) < 4.78 is 6.86. The molecule has 0 bridgehead atoms. The molecule has 3 aromatic rings. The number of nitrogens with zero attached hydrogens (tertiary/aromatic N) is 7. The molecule has 5 heterocycles. The van der Waals surface area contributed by atoms with Gasteiger partial charge in [-0.2, -0.15) is 10.2 Å². The van der Waals surface area contributed by atoms with Crippen LogP contribution in [0.3, 0.4) is 0 Å². The Kier molecular flexibility index (Phi) is 9.11. The largest absolute Gasteiger partial charge is 0.475 e. The van der Waals surface area contributed by atoms with Crippen molar-refractivity contribution in [3.63, 3.8) is 0 Å². The summed E-state index contributed by atoms with van der Waals surface area (Å²) in [5.74, 6) is 1.46. The predicted octanol–water partition coefficient (Wildman–Crippen LogP) is 5.40. The van der Waals surface area contributed by atoms with Crippen LogP contribution in [-0.4, -0.2) is 84.1 Å². The van der Waals surface area contributed by atoms with Gasteiger partial charge in [-0.1, -0.05) is 18.7 Å². The molecule has 4 aliphatic rings. The van der Waals surface area contributed by atoms with Crippen LogP contribution in [0.1, 0.15) is 59.2 Å². The number of likely N-dealkylation sites (N-methyl/N-ethyl adjacent to an activating group) is 1. The number of amides is 1. The number of carbonyl (C=O) groups is 1. The van der Waals surface area contributed by atoms with Gasteiger partial charge in [0.1, 0.15) is 12.4 Å². The summed E-state index contributed by atoms with van der Waals surface area (Å²) in [5.41, 5.74) is 11.1. The number of benzene rings is 1. The second-order valence-corrected chi connectivity index (χ2v) is 13.9. The van der Waals surface area contributed by atoms with Gasteiger partial charge in [-0.3, -0.25) is 9.78 Å². The van der Waals surface area contributed by atoms with Crippen LogP contribution in [0.15, 0.2) is 43.1 Å². The van der Waals surface area contributed by atoms with E-state index in [4.69, 9.17) is 14.7 Å². The minimum absolute atomic E-state index is 0.126. The van der Waals surface area contributed by atoms with E-state index in [0.717, 1.165) is 73.5 Å². The van der Waals surface area contributed by atoms with Gasteiger partial charge in [0.15, 0.2) is 0 Å². The standard InChI is InChI=1S/C39H47N7O2/c1-5-35(47)46-22-21-45(23-29(46)14-17-40)38-32-16-20-44(34-13-7-10-28-9-6-12-31(28)34)24-33(32)37(36-26(2)15-18-41-27(36)3)39(42-38)48-25-30-11-8-19-43(30)4/h5,7,10,13,15,18,29-30H,1,6,8-9,11-12,14,16,19-25H2,2-4H3/t29-,30-/m0/s1. The number of aryl methyl sites for hydroxylation is 3. The highest BCUT2D eigenvalue weighted by Gasteiger charge is 2.36. The quantitative estimate of drug-likeness (QED) is 0.301. The Morgan fingerprint density at radius 1 is 1.02 bits per heavy atom. The fraction of sp³-hybridized carbons (Fsp3) is 0.487. The van der Waals surface area contributed by atoms with Gasteiger partial charge < -0.3 is 24.3 Å². The van der Waals surface area contributed by atoms with Crippen LogP contribution in [0.2, 0.25) is 0 Å². The summed E-state index contributed by atoms with van der Waals surface area (Å²) in [6.07, 6.45) is 10.1. The number of fused-ring (bicyclic) bond motifs is 2. The predicted molar refractivity (Wildman–Crippen MR) is 189 cm³/mol. The van der Waals surface area contributed by atoms with Gasteiger partial charge in [-0.05, 0) is 106 Å². The molecule has 0 saturated carbocycles. The lowest BCUT2D eigenvalue weighted by Gasteiger charge is -2.43. The number of carbonyl (C=O) groups excluding carboxylic acids is 1. The second-order valence-electron chi connectivity index (χ2n) is 13.9. The van der Waals surface area contributed by atoms with Crippen LogP contribution in [0.25, 0.3) is 11.1 Å². The van der Waals surface area contributed by atoms with Crippen LogP contribution in [0.5, 0.6) is 5.88 Å². The number of piperazine rings is 1. The molecule has 7 rings (SSSR count). The third kappa shape index (κ3) is 5.92. The van der Waals surface area contributed by atoms with Gasteiger partial charge in [0.05, 0.1) is 24.1 Å². The first kappa shape index (κ1) is 32.1. The smallest absolute Gasteiger partial charge is 0.246 e. The molecule has 2 fully saturated rings. The Hall–Kier alpha value is -4.42. The van der Waals surface area contributed by atoms with E-state index in [2.05, 4.69) is 72.5 Å². The molecular formula is C39H47N7O2. The minimum atomic E-state index is -0.238. The molecule has 1 aromatic carbocycles. The maximum atomic E-state index is 12.8. The van der Waals surface area contributed by atoms with Crippen molar-refractivity contribution < 1.29 is 9.53 Å². The van der Waals surface area contributed by atoms with Crippen LogP contribution in [0, 0.1) is 25.2 Å². The SMILES string of the molecule is C=CC(=O)N1CCN(c2nc(OC[C@@H]3CCCN3C)c(-c3c(C)ccnc3C)c3c2CCN(c2cccc4c2CCC4)C3)C[C@@H]1CC#N. The van der Waals surface area contributed by atoms with Crippen molar-refractivity contribution in [2.75, 3.05) is 56.2 Å². The first-order chi connectivity index (χ1) is 23.4. The topological polar surface area (TPSA) is 88.8 Å². The van der Waals surface area contributed by atoms with Crippen molar-refractivity contribution >= 4 is 17.4 Å². The summed E-state index contributed by atoms with van der Waals surface area (Å²) in [5, 5.41) is 9.71. The number of pyridine rings is 2. The van der Waals surface area contributed by atoms with Gasteiger partial charge in [-0.25, -0.2) is 0 Å². The van der Waals surface area contributed by atoms with E-state index in [1.165, 1.54) is 46.9 Å². The van der Waals surface area contributed by atoms with E-state index in [0.29, 0.717) is 38.2 Å². The fourth-order valence-corrected chi connectivity index (χ4v) is 8.49. The molecular weight excluding hydrogens is 598 g/mol. The van der Waals surface area contributed by atoms with E-state index < -0.39 is 0 Å². The highest BCUT2D eigenvalue weighted by molar-refractivity contribution is 5.87. The summed E-state index contributed by atoms with van der Waals surface area (Å²) in [7, 11) is 2.18. The average Bonchev–Trinajstić information content (AvgIpc) is 3.75. The summed E-state index contributed by atoms with van der Waals surface area (Å²) >= 11 is 0. The number of likely N-dealkylation sites (tertiary alicyclic amines) is 1. The van der Waals surface area contributed by atoms with Crippen LogP contribution >= 0.6 is 0 Å². The number of rotatable bonds is 8. The molecule has 2 atom stereocenters. The van der Waals surface area contributed by atoms with Gasteiger partial charge in [0.25, 0.3) is 0 Å². The molecule has 0 unspecified atom stereocenters. The average molecular weight is 646 g/mol. The lowest BCUT2D eigenvalue weighted by molar-refractivity contribution is -0.128. The number of hydrogen-bond donors (Lipinski definition) is 0. The molecule has 250 valence electrons. The zero-order chi connectivity index (χ0) is 33.4. The summed E-state index contributed by atoms with van der Waals surface area (Å²) in [6, 6.07) is 11.3. The van der Waals surface area contributed by atoms with E-state index in [1.54, 1.807) is 4.90 Å². The monoisotopic (exact) mass is 645 g/mol. The maximum Gasteiger partial charge on any atom is 0.246 e. The van der Waals surface area contributed by atoms with E-state index >= 15 is 0 Å². The molecule has 2 saturated heterocycles. The van der Waals surface area contributed by atoms with Crippen LogP contribution < -0.4 is 14.5 Å². The molecule has 1 amide bonds. The van der Waals surface area contributed by atoms with Crippen LogP contribution in [-0.2, 0) is 30.6 Å². The first-order valence-corrected chi connectivity index (χ1v) is 17.6. The lowest BCUT2D eigenvalue weighted by atomic mass is 9.88. The highest BCUT2D eigenvalue weighted by atomic mass is 16.5. The number of nitriles is 1. The van der Waals surface area contributed by atoms with E-state index in [-0.39, 0.29) is 18.4 Å². The summed E-state index contributed by atoms with van der Waals surface area (Å²) in [6.45, 7) is 12.9. The molecule has 3 aliphatic heterocycles. The molecule has 0 spiro atoms. The van der Waals surface area contributed by atoms with E-state index in [1.807, 2.05) is 6.20 Å². The Labute approximate surface area is 284 Å². The Bertz CT molecular complexity index is 1740. The van der Waals surface area contributed by atoms with Crippen molar-refractivity contribution in [2.24, 2.45) is 0 Å². The van der Waals surface area contributed by atoms with Gasteiger partial charge in [0, 0.05) is 67.5 Å². The van der Waals surface area contributed by atoms with Crippen molar-refractivity contribution in [1.29, 1.82) is 5.26 Å². The lowest BCUT2D eigenvalue weighted by Crippen LogP contribution is -2.55.